The Balaban J connectivity index is 1.78. The van der Waals surface area contributed by atoms with E-state index >= 15 is 0 Å². The third-order valence-corrected chi connectivity index (χ3v) is 2.92. The summed E-state index contributed by atoms with van der Waals surface area (Å²) < 4.78 is 0. The Labute approximate surface area is 85.0 Å². The quantitative estimate of drug-likeness (QED) is 0.796. The molecular formula is C11H17N3. The highest BCUT2D eigenvalue weighted by Crippen LogP contribution is 2.29. The molecule has 3 heteroatoms. The number of anilines is 1. The number of aromatic nitrogens is 2. The van der Waals surface area contributed by atoms with Gasteiger partial charge in [-0.3, -0.25) is 0 Å². The Hall–Kier alpha value is -1.12. The second kappa shape index (κ2) is 4.40. The number of rotatable bonds is 3. The Morgan fingerprint density at radius 1 is 1.36 bits per heavy atom. The maximum absolute atomic E-state index is 4.14. The summed E-state index contributed by atoms with van der Waals surface area (Å²) in [5, 5.41) is 3.28. The lowest BCUT2D eigenvalue weighted by Crippen LogP contribution is -2.13. The molecule has 1 heterocycles. The molecule has 1 saturated carbocycles. The lowest BCUT2D eigenvalue weighted by Gasteiger charge is -2.10. The fraction of sp³-hybridized carbons (Fsp3) is 0.636. The molecule has 14 heavy (non-hydrogen) atoms. The summed E-state index contributed by atoms with van der Waals surface area (Å²) >= 11 is 0. The molecule has 1 aliphatic carbocycles. The van der Waals surface area contributed by atoms with Gasteiger partial charge in [-0.2, -0.15) is 0 Å². The van der Waals surface area contributed by atoms with Crippen molar-refractivity contribution in [3.8, 4) is 0 Å². The average Bonchev–Trinajstić information content (AvgIpc) is 2.63. The first-order valence-electron chi connectivity index (χ1n) is 5.35. The normalized spacial score (nSPS) is 26.4. The number of nitrogens with one attached hydrogen (secondary N) is 1. The molecule has 2 atom stereocenters. The van der Waals surface area contributed by atoms with Crippen LogP contribution in [0.3, 0.4) is 0 Å². The molecule has 0 saturated heterocycles. The molecule has 0 radical (unpaired) electrons. The summed E-state index contributed by atoms with van der Waals surface area (Å²) in [4.78, 5) is 8.27. The second-order valence-corrected chi connectivity index (χ2v) is 4.24. The molecular weight excluding hydrogens is 174 g/mol. The Kier molecular flexibility index (Phi) is 2.96. The van der Waals surface area contributed by atoms with Gasteiger partial charge >= 0.3 is 0 Å². The van der Waals surface area contributed by atoms with Gasteiger partial charge < -0.3 is 5.32 Å². The topological polar surface area (TPSA) is 37.8 Å². The SMILES string of the molecule is CC1CCC(CNc2ncccn2)C1. The minimum atomic E-state index is 0.757. The van der Waals surface area contributed by atoms with Gasteiger partial charge in [0.2, 0.25) is 5.95 Å². The first kappa shape index (κ1) is 9.44. The fourth-order valence-corrected chi connectivity index (χ4v) is 2.14. The summed E-state index contributed by atoms with van der Waals surface area (Å²) in [5.41, 5.74) is 0. The molecule has 0 bridgehead atoms. The average molecular weight is 191 g/mol. The molecule has 0 amide bonds. The van der Waals surface area contributed by atoms with Gasteiger partial charge in [0.25, 0.3) is 0 Å². The minimum absolute atomic E-state index is 0.757. The predicted octanol–water partition coefficient (Wildman–Crippen LogP) is 2.32. The van der Waals surface area contributed by atoms with E-state index in [2.05, 4.69) is 22.2 Å². The first-order valence-corrected chi connectivity index (χ1v) is 5.35. The Morgan fingerprint density at radius 2 is 2.14 bits per heavy atom. The molecule has 2 unspecified atom stereocenters. The number of nitrogens with zero attached hydrogens (tertiary/aromatic N) is 2. The van der Waals surface area contributed by atoms with E-state index in [0.717, 1.165) is 24.3 Å². The molecule has 2 rings (SSSR count). The van der Waals surface area contributed by atoms with Crippen molar-refractivity contribution < 1.29 is 0 Å². The van der Waals surface area contributed by atoms with Crippen LogP contribution in [0.2, 0.25) is 0 Å². The van der Waals surface area contributed by atoms with E-state index in [1.165, 1.54) is 19.3 Å². The van der Waals surface area contributed by atoms with E-state index in [4.69, 9.17) is 0 Å². The molecule has 1 fully saturated rings. The van der Waals surface area contributed by atoms with Gasteiger partial charge in [0.1, 0.15) is 0 Å². The zero-order chi connectivity index (χ0) is 9.80. The van der Waals surface area contributed by atoms with Crippen molar-refractivity contribution in [1.82, 2.24) is 9.97 Å². The van der Waals surface area contributed by atoms with E-state index in [1.54, 1.807) is 12.4 Å². The maximum Gasteiger partial charge on any atom is 0.222 e. The van der Waals surface area contributed by atoms with Gasteiger partial charge in [-0.25, -0.2) is 9.97 Å². The van der Waals surface area contributed by atoms with E-state index in [1.807, 2.05) is 6.07 Å². The maximum atomic E-state index is 4.14. The number of hydrogen-bond donors (Lipinski definition) is 1. The molecule has 0 spiro atoms. The van der Waals surface area contributed by atoms with Gasteiger partial charge in [-0.1, -0.05) is 13.3 Å². The largest absolute Gasteiger partial charge is 0.354 e. The van der Waals surface area contributed by atoms with E-state index in [0.29, 0.717) is 0 Å². The zero-order valence-electron chi connectivity index (χ0n) is 8.61. The lowest BCUT2D eigenvalue weighted by molar-refractivity contribution is 0.536. The van der Waals surface area contributed by atoms with E-state index < -0.39 is 0 Å². The van der Waals surface area contributed by atoms with Crippen molar-refractivity contribution in [2.45, 2.75) is 26.2 Å². The fourth-order valence-electron chi connectivity index (χ4n) is 2.14. The van der Waals surface area contributed by atoms with Crippen LogP contribution in [-0.2, 0) is 0 Å². The van der Waals surface area contributed by atoms with Crippen LogP contribution >= 0.6 is 0 Å². The van der Waals surface area contributed by atoms with Gasteiger partial charge in [0.05, 0.1) is 0 Å². The molecule has 0 aromatic carbocycles. The van der Waals surface area contributed by atoms with Crippen LogP contribution in [0.5, 0.6) is 0 Å². The number of hydrogen-bond acceptors (Lipinski definition) is 3. The Morgan fingerprint density at radius 3 is 2.79 bits per heavy atom. The summed E-state index contributed by atoms with van der Waals surface area (Å²) in [6.45, 7) is 3.35. The smallest absolute Gasteiger partial charge is 0.222 e. The lowest BCUT2D eigenvalue weighted by atomic mass is 10.1. The third kappa shape index (κ3) is 2.44. The van der Waals surface area contributed by atoms with Crippen LogP contribution < -0.4 is 5.32 Å². The highest BCUT2D eigenvalue weighted by molar-refractivity contribution is 5.21. The van der Waals surface area contributed by atoms with Gasteiger partial charge in [0, 0.05) is 18.9 Å². The Bertz CT molecular complexity index is 273. The standard InChI is InChI=1S/C11H17N3/c1-9-3-4-10(7-9)8-14-11-12-5-2-6-13-11/h2,5-6,9-10H,3-4,7-8H2,1H3,(H,12,13,14). The van der Waals surface area contributed by atoms with Crippen molar-refractivity contribution in [3.63, 3.8) is 0 Å². The monoisotopic (exact) mass is 191 g/mol. The molecule has 1 aliphatic rings. The van der Waals surface area contributed by atoms with E-state index in [-0.39, 0.29) is 0 Å². The van der Waals surface area contributed by atoms with Gasteiger partial charge in [0.15, 0.2) is 0 Å². The van der Waals surface area contributed by atoms with Crippen LogP contribution in [0.15, 0.2) is 18.5 Å². The van der Waals surface area contributed by atoms with Crippen molar-refractivity contribution in [2.24, 2.45) is 11.8 Å². The van der Waals surface area contributed by atoms with Crippen LogP contribution in [-0.4, -0.2) is 16.5 Å². The summed E-state index contributed by atoms with van der Waals surface area (Å²) in [6.07, 6.45) is 7.61. The zero-order valence-corrected chi connectivity index (χ0v) is 8.61. The highest BCUT2D eigenvalue weighted by Gasteiger charge is 2.20. The van der Waals surface area contributed by atoms with Crippen molar-refractivity contribution in [2.75, 3.05) is 11.9 Å². The molecule has 0 aliphatic heterocycles. The highest BCUT2D eigenvalue weighted by atomic mass is 15.1. The summed E-state index contributed by atoms with van der Waals surface area (Å²) in [6, 6.07) is 1.84. The summed E-state index contributed by atoms with van der Waals surface area (Å²) in [5.74, 6) is 2.47. The third-order valence-electron chi connectivity index (χ3n) is 2.92. The van der Waals surface area contributed by atoms with Crippen LogP contribution in [0, 0.1) is 11.8 Å². The second-order valence-electron chi connectivity index (χ2n) is 4.24. The van der Waals surface area contributed by atoms with E-state index in [9.17, 15) is 0 Å². The van der Waals surface area contributed by atoms with Crippen LogP contribution in [0.25, 0.3) is 0 Å². The van der Waals surface area contributed by atoms with Crippen molar-refractivity contribution >= 4 is 5.95 Å². The molecule has 76 valence electrons. The summed E-state index contributed by atoms with van der Waals surface area (Å²) in [7, 11) is 0. The van der Waals surface area contributed by atoms with Gasteiger partial charge in [-0.05, 0) is 30.7 Å². The molecule has 1 aromatic heterocycles. The molecule has 1 N–H and O–H groups in total. The van der Waals surface area contributed by atoms with Gasteiger partial charge in [-0.15, -0.1) is 0 Å². The van der Waals surface area contributed by atoms with Crippen LogP contribution in [0.4, 0.5) is 5.95 Å². The predicted molar refractivity (Wildman–Crippen MR) is 57.0 cm³/mol. The first-order chi connectivity index (χ1) is 6.84. The minimum Gasteiger partial charge on any atom is -0.354 e. The van der Waals surface area contributed by atoms with Crippen molar-refractivity contribution in [3.05, 3.63) is 18.5 Å². The molecule has 1 aromatic rings. The van der Waals surface area contributed by atoms with Crippen LogP contribution in [0.1, 0.15) is 26.2 Å². The van der Waals surface area contributed by atoms with Crippen molar-refractivity contribution in [1.29, 1.82) is 0 Å². The molecule has 3 nitrogen and oxygen atoms in total.